The smallest absolute Gasteiger partial charge is 0.451 e. The molecule has 9 heteroatoms. The first-order chi connectivity index (χ1) is 10.9. The number of nitrogens with two attached hydrogens (primary N) is 1. The SMILES string of the molecule is NC(CO)C(=O)N1CC(OC2=CC(O)C(CCB(O)O)C=C2)C1. The molecule has 128 valence electrons. The molecule has 2 rings (SSSR count). The zero-order valence-corrected chi connectivity index (χ0v) is 12.8. The first-order valence-corrected chi connectivity index (χ1v) is 7.66. The van der Waals surface area contributed by atoms with Crippen LogP contribution in [0.2, 0.25) is 6.32 Å². The van der Waals surface area contributed by atoms with Crippen LogP contribution in [-0.2, 0) is 9.53 Å². The fraction of sp³-hybridized carbons (Fsp3) is 0.643. The van der Waals surface area contributed by atoms with E-state index in [1.807, 2.05) is 0 Å². The molecule has 0 spiro atoms. The minimum Gasteiger partial charge on any atom is -0.487 e. The normalized spacial score (nSPS) is 25.6. The highest BCUT2D eigenvalue weighted by Crippen LogP contribution is 2.25. The van der Waals surface area contributed by atoms with E-state index in [1.54, 1.807) is 18.2 Å². The molecule has 0 aromatic heterocycles. The maximum Gasteiger partial charge on any atom is 0.451 e. The largest absolute Gasteiger partial charge is 0.487 e. The van der Waals surface area contributed by atoms with E-state index in [0.717, 1.165) is 0 Å². The lowest BCUT2D eigenvalue weighted by Gasteiger charge is -2.40. The molecule has 1 amide bonds. The second-order valence-electron chi connectivity index (χ2n) is 5.91. The number of carbonyl (C=O) groups is 1. The molecule has 2 aliphatic rings. The van der Waals surface area contributed by atoms with E-state index in [1.165, 1.54) is 4.90 Å². The van der Waals surface area contributed by atoms with Gasteiger partial charge in [-0.1, -0.05) is 6.08 Å². The first kappa shape index (κ1) is 18.0. The lowest BCUT2D eigenvalue weighted by molar-refractivity contribution is -0.144. The molecular weight excluding hydrogens is 303 g/mol. The summed E-state index contributed by atoms with van der Waals surface area (Å²) >= 11 is 0. The molecule has 0 aromatic rings. The molecular formula is C14H23BN2O6. The Balaban J connectivity index is 1.75. The van der Waals surface area contributed by atoms with Crippen LogP contribution >= 0.6 is 0 Å². The Morgan fingerprint density at radius 1 is 1.48 bits per heavy atom. The van der Waals surface area contributed by atoms with Gasteiger partial charge in [0.15, 0.2) is 0 Å². The number of rotatable bonds is 7. The second kappa shape index (κ2) is 7.94. The summed E-state index contributed by atoms with van der Waals surface area (Å²) in [4.78, 5) is 13.2. The van der Waals surface area contributed by atoms with E-state index in [2.05, 4.69) is 0 Å². The number of ether oxygens (including phenoxy) is 1. The Morgan fingerprint density at radius 2 is 2.17 bits per heavy atom. The summed E-state index contributed by atoms with van der Waals surface area (Å²) in [5.74, 6) is 0.0520. The zero-order valence-electron chi connectivity index (χ0n) is 12.8. The van der Waals surface area contributed by atoms with Gasteiger partial charge in [-0.3, -0.25) is 4.79 Å². The minimum absolute atomic E-state index is 0.163. The van der Waals surface area contributed by atoms with Gasteiger partial charge >= 0.3 is 7.12 Å². The minimum atomic E-state index is -1.37. The Kier molecular flexibility index (Phi) is 6.20. The predicted molar refractivity (Wildman–Crippen MR) is 82.8 cm³/mol. The molecule has 0 saturated carbocycles. The van der Waals surface area contributed by atoms with Gasteiger partial charge in [0.25, 0.3) is 0 Å². The Hall–Kier alpha value is -1.39. The van der Waals surface area contributed by atoms with Crippen molar-refractivity contribution in [2.24, 2.45) is 11.7 Å². The summed E-state index contributed by atoms with van der Waals surface area (Å²) < 4.78 is 5.68. The van der Waals surface area contributed by atoms with Gasteiger partial charge in [0.05, 0.1) is 25.8 Å². The molecule has 1 aliphatic heterocycles. The van der Waals surface area contributed by atoms with Crippen molar-refractivity contribution in [1.82, 2.24) is 4.90 Å². The molecule has 1 heterocycles. The Bertz CT molecular complexity index is 478. The number of carbonyl (C=O) groups excluding carboxylic acids is 1. The molecule has 6 N–H and O–H groups in total. The van der Waals surface area contributed by atoms with Crippen LogP contribution in [0.25, 0.3) is 0 Å². The molecule has 0 bridgehead atoms. The highest BCUT2D eigenvalue weighted by Gasteiger charge is 2.35. The van der Waals surface area contributed by atoms with E-state index >= 15 is 0 Å². The molecule has 3 atom stereocenters. The molecule has 3 unspecified atom stereocenters. The first-order valence-electron chi connectivity index (χ1n) is 7.66. The standard InChI is InChI=1S/C14H23BN2O6/c16-12(8-18)14(20)17-6-11(7-17)23-10-2-1-9(13(19)5-10)3-4-15(21)22/h1-2,5,9,11-13,18-19,21-22H,3-4,6-8,16H2. The third-order valence-electron chi connectivity index (χ3n) is 4.02. The highest BCUT2D eigenvalue weighted by molar-refractivity contribution is 6.40. The van der Waals surface area contributed by atoms with Crippen LogP contribution in [0.3, 0.4) is 0 Å². The summed E-state index contributed by atoms with van der Waals surface area (Å²) in [6.45, 7) is 0.409. The van der Waals surface area contributed by atoms with E-state index < -0.39 is 19.3 Å². The molecule has 23 heavy (non-hydrogen) atoms. The number of hydrogen-bond acceptors (Lipinski definition) is 7. The summed E-state index contributed by atoms with van der Waals surface area (Å²) in [5, 5.41) is 36.6. The van der Waals surface area contributed by atoms with E-state index in [0.29, 0.717) is 25.3 Å². The van der Waals surface area contributed by atoms with Crippen LogP contribution in [-0.4, -0.2) is 76.1 Å². The summed E-state index contributed by atoms with van der Waals surface area (Å²) in [5.41, 5.74) is 5.47. The van der Waals surface area contributed by atoms with Crippen molar-refractivity contribution in [2.45, 2.75) is 31.0 Å². The fourth-order valence-electron chi connectivity index (χ4n) is 2.56. The number of aliphatic hydroxyl groups excluding tert-OH is 2. The van der Waals surface area contributed by atoms with Crippen LogP contribution < -0.4 is 5.73 Å². The molecule has 1 aliphatic carbocycles. The molecule has 0 radical (unpaired) electrons. The number of aliphatic hydroxyl groups is 2. The molecule has 0 aromatic carbocycles. The van der Waals surface area contributed by atoms with E-state index in [4.69, 9.17) is 25.6 Å². The summed E-state index contributed by atoms with van der Waals surface area (Å²) in [6.07, 6.45) is 4.86. The molecule has 1 saturated heterocycles. The Labute approximate surface area is 135 Å². The summed E-state index contributed by atoms with van der Waals surface area (Å²) in [6, 6.07) is -0.894. The van der Waals surface area contributed by atoms with Gasteiger partial charge in [-0.2, -0.15) is 0 Å². The average Bonchev–Trinajstić information content (AvgIpc) is 2.47. The fourth-order valence-corrected chi connectivity index (χ4v) is 2.56. The highest BCUT2D eigenvalue weighted by atomic mass is 16.5. The monoisotopic (exact) mass is 326 g/mol. The maximum atomic E-state index is 11.7. The van der Waals surface area contributed by atoms with Crippen molar-refractivity contribution < 1.29 is 29.8 Å². The van der Waals surface area contributed by atoms with Gasteiger partial charge in [0.2, 0.25) is 5.91 Å². The quantitative estimate of drug-likeness (QED) is 0.336. The predicted octanol–water partition coefficient (Wildman–Crippen LogP) is -2.17. The third-order valence-corrected chi connectivity index (χ3v) is 4.02. The number of hydrogen-bond donors (Lipinski definition) is 5. The number of allylic oxidation sites excluding steroid dienone is 1. The van der Waals surface area contributed by atoms with Crippen molar-refractivity contribution in [3.63, 3.8) is 0 Å². The topological polar surface area (TPSA) is 136 Å². The van der Waals surface area contributed by atoms with Crippen LogP contribution in [0.15, 0.2) is 24.0 Å². The van der Waals surface area contributed by atoms with Gasteiger partial charge < -0.3 is 35.6 Å². The molecule has 1 fully saturated rings. The van der Waals surface area contributed by atoms with Crippen LogP contribution in [0.4, 0.5) is 0 Å². The number of amides is 1. The van der Waals surface area contributed by atoms with Crippen LogP contribution in [0.1, 0.15) is 6.42 Å². The van der Waals surface area contributed by atoms with Gasteiger partial charge in [0, 0.05) is 5.92 Å². The van der Waals surface area contributed by atoms with Crippen molar-refractivity contribution in [3.8, 4) is 0 Å². The van der Waals surface area contributed by atoms with Crippen molar-refractivity contribution in [1.29, 1.82) is 0 Å². The van der Waals surface area contributed by atoms with Crippen molar-refractivity contribution in [2.75, 3.05) is 19.7 Å². The van der Waals surface area contributed by atoms with Crippen molar-refractivity contribution in [3.05, 3.63) is 24.0 Å². The van der Waals surface area contributed by atoms with Gasteiger partial charge in [-0.05, 0) is 24.9 Å². The lowest BCUT2D eigenvalue weighted by Crippen LogP contribution is -2.59. The van der Waals surface area contributed by atoms with Gasteiger partial charge in [-0.25, -0.2) is 0 Å². The second-order valence-corrected chi connectivity index (χ2v) is 5.91. The van der Waals surface area contributed by atoms with Gasteiger partial charge in [0.1, 0.15) is 17.9 Å². The molecule has 8 nitrogen and oxygen atoms in total. The van der Waals surface area contributed by atoms with Crippen LogP contribution in [0, 0.1) is 5.92 Å². The zero-order chi connectivity index (χ0) is 17.0. The van der Waals surface area contributed by atoms with Crippen LogP contribution in [0.5, 0.6) is 0 Å². The maximum absolute atomic E-state index is 11.7. The lowest BCUT2D eigenvalue weighted by atomic mass is 9.79. The average molecular weight is 326 g/mol. The van der Waals surface area contributed by atoms with E-state index in [-0.39, 0.29) is 30.9 Å². The number of likely N-dealkylation sites (tertiary alicyclic amines) is 1. The Morgan fingerprint density at radius 3 is 2.74 bits per heavy atom. The third kappa shape index (κ3) is 4.79. The van der Waals surface area contributed by atoms with E-state index in [9.17, 15) is 9.90 Å². The van der Waals surface area contributed by atoms with Crippen molar-refractivity contribution >= 4 is 13.0 Å². The summed E-state index contributed by atoms with van der Waals surface area (Å²) in [7, 11) is -1.37. The number of nitrogens with zero attached hydrogens (tertiary/aromatic N) is 1. The van der Waals surface area contributed by atoms with Gasteiger partial charge in [-0.15, -0.1) is 0 Å².